The summed E-state index contributed by atoms with van der Waals surface area (Å²) in [5.41, 5.74) is 2.71. The molecule has 27 heavy (non-hydrogen) atoms. The zero-order chi connectivity index (χ0) is 19.6. The highest BCUT2D eigenvalue weighted by Gasteiger charge is 2.19. The van der Waals surface area contributed by atoms with E-state index in [0.717, 1.165) is 16.7 Å². The van der Waals surface area contributed by atoms with Crippen molar-refractivity contribution in [2.45, 2.75) is 20.8 Å². The van der Waals surface area contributed by atoms with Gasteiger partial charge in [0.2, 0.25) is 0 Å². The molecule has 0 aliphatic carbocycles. The van der Waals surface area contributed by atoms with E-state index in [0.29, 0.717) is 9.20 Å². The highest BCUT2D eigenvalue weighted by molar-refractivity contribution is 7.07. The van der Waals surface area contributed by atoms with E-state index in [1.807, 2.05) is 57.2 Å². The van der Waals surface area contributed by atoms with Crippen molar-refractivity contribution < 1.29 is 4.79 Å². The Hall–Kier alpha value is -2.72. The van der Waals surface area contributed by atoms with Crippen LogP contribution in [0.3, 0.4) is 0 Å². The third kappa shape index (κ3) is 4.34. The molecular formula is C23H23NO2S. The van der Waals surface area contributed by atoms with Crippen LogP contribution in [0.4, 0.5) is 0 Å². The minimum absolute atomic E-state index is 0.0121. The molecule has 0 bridgehead atoms. The second kappa shape index (κ2) is 7.49. The SMILES string of the molecule is Cn1c(=O)/c(=C\c2ccc(-c3ccccc3)cc2)s/c1=C\C(=O)C(C)(C)C. The quantitative estimate of drug-likeness (QED) is 0.702. The minimum atomic E-state index is -0.461. The first kappa shape index (κ1) is 19.1. The van der Waals surface area contributed by atoms with Crippen LogP contribution in [0.15, 0.2) is 59.4 Å². The number of hydrogen-bond acceptors (Lipinski definition) is 3. The summed E-state index contributed by atoms with van der Waals surface area (Å²) in [4.78, 5) is 24.8. The zero-order valence-electron chi connectivity index (χ0n) is 16.0. The second-order valence-corrected chi connectivity index (χ2v) is 8.62. The smallest absolute Gasteiger partial charge is 0.268 e. The number of Topliss-reactive ketones (excluding diaryl/α,β-unsaturated/α-hetero) is 1. The van der Waals surface area contributed by atoms with Gasteiger partial charge < -0.3 is 4.57 Å². The van der Waals surface area contributed by atoms with E-state index < -0.39 is 5.41 Å². The van der Waals surface area contributed by atoms with Gasteiger partial charge in [-0.15, -0.1) is 11.3 Å². The predicted molar refractivity (Wildman–Crippen MR) is 113 cm³/mol. The van der Waals surface area contributed by atoms with E-state index >= 15 is 0 Å². The Morgan fingerprint density at radius 1 is 0.963 bits per heavy atom. The summed E-state index contributed by atoms with van der Waals surface area (Å²) in [6, 6.07) is 18.3. The molecule has 0 saturated carbocycles. The number of rotatable bonds is 3. The number of carbonyl (C=O) groups is 1. The third-order valence-electron chi connectivity index (χ3n) is 4.37. The highest BCUT2D eigenvalue weighted by Crippen LogP contribution is 2.19. The number of hydrogen-bond donors (Lipinski definition) is 0. The van der Waals surface area contributed by atoms with Crippen LogP contribution in [0.2, 0.25) is 0 Å². The van der Waals surface area contributed by atoms with Crippen LogP contribution in [0.5, 0.6) is 0 Å². The fraction of sp³-hybridized carbons (Fsp3) is 0.217. The van der Waals surface area contributed by atoms with E-state index in [-0.39, 0.29) is 11.3 Å². The van der Waals surface area contributed by atoms with Gasteiger partial charge in [-0.3, -0.25) is 9.59 Å². The van der Waals surface area contributed by atoms with E-state index in [4.69, 9.17) is 0 Å². The van der Waals surface area contributed by atoms with Crippen LogP contribution in [0.25, 0.3) is 23.3 Å². The Bertz CT molecular complexity index is 1130. The molecule has 0 amide bonds. The summed E-state index contributed by atoms with van der Waals surface area (Å²) < 4.78 is 2.84. The molecule has 0 aliphatic rings. The molecule has 0 spiro atoms. The summed E-state index contributed by atoms with van der Waals surface area (Å²) in [5, 5.41) is 0. The molecule has 2 aromatic carbocycles. The fourth-order valence-electron chi connectivity index (χ4n) is 2.59. The highest BCUT2D eigenvalue weighted by atomic mass is 32.1. The van der Waals surface area contributed by atoms with Crippen molar-refractivity contribution in [1.29, 1.82) is 0 Å². The fourth-order valence-corrected chi connectivity index (χ4v) is 3.62. The molecule has 3 rings (SSSR count). The molecule has 1 heterocycles. The van der Waals surface area contributed by atoms with Crippen molar-refractivity contribution in [2.24, 2.45) is 12.5 Å². The molecule has 138 valence electrons. The Kier molecular flexibility index (Phi) is 5.29. The van der Waals surface area contributed by atoms with Crippen molar-refractivity contribution in [3.05, 3.63) is 79.7 Å². The van der Waals surface area contributed by atoms with Crippen LogP contribution in [-0.2, 0) is 11.8 Å². The Labute approximate surface area is 162 Å². The van der Waals surface area contributed by atoms with Gasteiger partial charge in [0.1, 0.15) is 4.66 Å². The molecule has 3 nitrogen and oxygen atoms in total. The summed E-state index contributed by atoms with van der Waals surface area (Å²) in [5.74, 6) is 0.0121. The van der Waals surface area contributed by atoms with E-state index in [9.17, 15) is 9.59 Å². The van der Waals surface area contributed by atoms with Gasteiger partial charge in [-0.2, -0.15) is 0 Å². The van der Waals surface area contributed by atoms with Gasteiger partial charge in [0, 0.05) is 18.5 Å². The third-order valence-corrected chi connectivity index (χ3v) is 5.48. The summed E-state index contributed by atoms with van der Waals surface area (Å²) >= 11 is 1.34. The lowest BCUT2D eigenvalue weighted by Crippen LogP contribution is -2.30. The van der Waals surface area contributed by atoms with Gasteiger partial charge in [-0.1, -0.05) is 75.4 Å². The number of benzene rings is 2. The van der Waals surface area contributed by atoms with Crippen LogP contribution in [0, 0.1) is 5.41 Å². The Morgan fingerprint density at radius 3 is 2.15 bits per heavy atom. The Morgan fingerprint density at radius 2 is 1.56 bits per heavy atom. The summed E-state index contributed by atoms with van der Waals surface area (Å²) in [6.07, 6.45) is 3.45. The maximum absolute atomic E-state index is 12.5. The van der Waals surface area contributed by atoms with Gasteiger partial charge in [0.05, 0.1) is 4.53 Å². The first-order valence-electron chi connectivity index (χ1n) is 8.85. The van der Waals surface area contributed by atoms with Crippen molar-refractivity contribution in [3.63, 3.8) is 0 Å². The van der Waals surface area contributed by atoms with Crippen molar-refractivity contribution >= 4 is 29.3 Å². The number of ketones is 1. The monoisotopic (exact) mass is 377 g/mol. The summed E-state index contributed by atoms with van der Waals surface area (Å²) in [7, 11) is 1.70. The first-order chi connectivity index (χ1) is 12.8. The molecule has 0 aliphatic heterocycles. The lowest BCUT2D eigenvalue weighted by Gasteiger charge is -2.12. The predicted octanol–water partition coefficient (Wildman–Crippen LogP) is 3.34. The van der Waals surface area contributed by atoms with Crippen molar-refractivity contribution in [1.82, 2.24) is 4.57 Å². The molecule has 0 atom stereocenters. The van der Waals surface area contributed by atoms with Gasteiger partial charge in [0.15, 0.2) is 5.78 Å². The van der Waals surface area contributed by atoms with E-state index in [1.165, 1.54) is 11.3 Å². The van der Waals surface area contributed by atoms with Crippen LogP contribution in [0.1, 0.15) is 26.3 Å². The number of carbonyl (C=O) groups excluding carboxylic acids is 1. The molecule has 0 N–H and O–H groups in total. The number of aromatic nitrogens is 1. The molecule has 4 heteroatoms. The average molecular weight is 378 g/mol. The van der Waals surface area contributed by atoms with E-state index in [2.05, 4.69) is 24.3 Å². The Balaban J connectivity index is 1.99. The largest absolute Gasteiger partial charge is 0.302 e. The second-order valence-electron chi connectivity index (χ2n) is 7.56. The zero-order valence-corrected chi connectivity index (χ0v) is 16.8. The van der Waals surface area contributed by atoms with E-state index in [1.54, 1.807) is 17.7 Å². The van der Waals surface area contributed by atoms with Gasteiger partial charge in [-0.25, -0.2) is 0 Å². The molecule has 0 saturated heterocycles. The van der Waals surface area contributed by atoms with Crippen molar-refractivity contribution in [2.75, 3.05) is 0 Å². The topological polar surface area (TPSA) is 39.1 Å². The maximum Gasteiger partial charge on any atom is 0.268 e. The van der Waals surface area contributed by atoms with Crippen LogP contribution >= 0.6 is 11.3 Å². The normalized spacial score (nSPS) is 13.2. The molecule has 1 aromatic heterocycles. The van der Waals surface area contributed by atoms with Crippen LogP contribution in [-0.4, -0.2) is 10.4 Å². The van der Waals surface area contributed by atoms with Crippen molar-refractivity contribution in [3.8, 4) is 11.1 Å². The molecule has 0 unspecified atom stereocenters. The van der Waals surface area contributed by atoms with Gasteiger partial charge in [0.25, 0.3) is 5.56 Å². The standard InChI is InChI=1S/C23H23NO2S/c1-23(2,3)20(25)15-21-24(4)22(26)19(27-21)14-16-10-12-18(13-11-16)17-8-6-5-7-9-17/h5-15H,1-4H3/b19-14+,21-15-. The number of nitrogens with zero attached hydrogens (tertiary/aromatic N) is 1. The lowest BCUT2D eigenvalue weighted by atomic mass is 9.91. The minimum Gasteiger partial charge on any atom is -0.302 e. The van der Waals surface area contributed by atoms with Crippen LogP contribution < -0.4 is 14.8 Å². The number of thiazole rings is 1. The first-order valence-corrected chi connectivity index (χ1v) is 9.66. The summed E-state index contributed by atoms with van der Waals surface area (Å²) in [6.45, 7) is 5.62. The molecular weight excluding hydrogens is 354 g/mol. The lowest BCUT2D eigenvalue weighted by molar-refractivity contribution is -0.120. The maximum atomic E-state index is 12.5. The molecule has 0 radical (unpaired) electrons. The molecule has 0 fully saturated rings. The van der Waals surface area contributed by atoms with Gasteiger partial charge >= 0.3 is 0 Å². The van der Waals surface area contributed by atoms with Gasteiger partial charge in [-0.05, 0) is 22.8 Å². The average Bonchev–Trinajstić information content (AvgIpc) is 2.90. The molecule has 3 aromatic rings.